The number of carbonyl (C=O) groups is 1. The van der Waals surface area contributed by atoms with Crippen LogP contribution in [0.2, 0.25) is 0 Å². The Bertz CT molecular complexity index is 729. The van der Waals surface area contributed by atoms with Crippen molar-refractivity contribution in [2.24, 2.45) is 0 Å². The molecule has 2 aliphatic heterocycles. The lowest BCUT2D eigenvalue weighted by molar-refractivity contribution is -0.145. The summed E-state index contributed by atoms with van der Waals surface area (Å²) in [4.78, 5) is 24.9. The van der Waals surface area contributed by atoms with Crippen LogP contribution in [0.25, 0.3) is 0 Å². The molecular weight excluding hydrogens is 387 g/mol. The highest BCUT2D eigenvalue weighted by atomic mass is 16.7. The number of aliphatic hydroxyl groups excluding tert-OH is 2. The molecule has 30 heavy (non-hydrogen) atoms. The van der Waals surface area contributed by atoms with E-state index in [-0.39, 0.29) is 6.04 Å². The van der Waals surface area contributed by atoms with Crippen LogP contribution < -0.4 is 10.4 Å². The van der Waals surface area contributed by atoms with Crippen LogP contribution in [0.15, 0.2) is 12.4 Å². The van der Waals surface area contributed by atoms with Crippen molar-refractivity contribution in [1.82, 2.24) is 14.9 Å². The van der Waals surface area contributed by atoms with E-state index in [1.165, 1.54) is 0 Å². The summed E-state index contributed by atoms with van der Waals surface area (Å²) < 4.78 is 12.1. The van der Waals surface area contributed by atoms with Crippen LogP contribution in [-0.2, 0) is 14.1 Å². The van der Waals surface area contributed by atoms with Gasteiger partial charge in [-0.25, -0.2) is 9.97 Å². The number of nitrogens with zero attached hydrogens (tertiary/aromatic N) is 4. The van der Waals surface area contributed by atoms with Crippen LogP contribution in [0, 0.1) is 0 Å². The van der Waals surface area contributed by atoms with Gasteiger partial charge in [-0.15, -0.1) is 0 Å². The summed E-state index contributed by atoms with van der Waals surface area (Å²) in [5, 5.41) is 18.9. The molecule has 166 valence electrons. The van der Waals surface area contributed by atoms with Crippen molar-refractivity contribution in [2.75, 3.05) is 31.6 Å². The van der Waals surface area contributed by atoms with Crippen LogP contribution in [-0.4, -0.2) is 88.2 Å². The third-order valence-electron chi connectivity index (χ3n) is 6.38. The van der Waals surface area contributed by atoms with Gasteiger partial charge in [0.05, 0.1) is 17.8 Å². The van der Waals surface area contributed by atoms with Crippen LogP contribution in [0.5, 0.6) is 0 Å². The highest BCUT2D eigenvalue weighted by Gasteiger charge is 2.52. The van der Waals surface area contributed by atoms with Gasteiger partial charge in [-0.2, -0.15) is 0 Å². The number of hydrogen-bond acceptors (Lipinski definition) is 8. The smallest absolute Gasteiger partial charge is 0.399 e. The first-order valence-electron chi connectivity index (χ1n) is 10.5. The zero-order valence-electron chi connectivity index (χ0n) is 18.5. The maximum absolute atomic E-state index is 12.4. The molecule has 0 saturated carbocycles. The molecule has 1 aromatic heterocycles. The lowest BCUT2D eigenvalue weighted by atomic mass is 9.81. The molecule has 0 bridgehead atoms. The number of likely N-dealkylation sites (N-methyl/N-ethyl adjacent to an activating group) is 1. The zero-order chi connectivity index (χ0) is 22.1. The summed E-state index contributed by atoms with van der Waals surface area (Å²) in [6, 6.07) is -0.0659. The van der Waals surface area contributed by atoms with E-state index in [9.17, 15) is 9.90 Å². The maximum Gasteiger partial charge on any atom is 0.498 e. The monoisotopic (exact) mass is 420 g/mol. The average Bonchev–Trinajstić information content (AvgIpc) is 2.94. The number of carbonyl (C=O) groups excluding carboxylic acids is 1. The van der Waals surface area contributed by atoms with Gasteiger partial charge in [0, 0.05) is 44.0 Å². The number of amides is 1. The van der Waals surface area contributed by atoms with Crippen LogP contribution in [0.3, 0.4) is 0 Å². The highest BCUT2D eigenvalue weighted by molar-refractivity contribution is 6.61. The van der Waals surface area contributed by atoms with Crippen LogP contribution in [0.1, 0.15) is 47.0 Å². The summed E-state index contributed by atoms with van der Waals surface area (Å²) in [6.45, 7) is 8.56. The number of aliphatic hydroxyl groups is 2. The van der Waals surface area contributed by atoms with Crippen molar-refractivity contribution in [3.05, 3.63) is 12.4 Å². The van der Waals surface area contributed by atoms with E-state index in [1.54, 1.807) is 17.3 Å². The number of hydrogen-bond donors (Lipinski definition) is 2. The normalized spacial score (nSPS) is 24.0. The minimum Gasteiger partial charge on any atom is -0.399 e. The molecule has 0 radical (unpaired) electrons. The standard InChI is InChI=1S/C20H33BN4O5/c1-19(2)20(3,4)30-21(29-19)14-10-22-18(23-11-14)24(5)12-15-8-6-7-9-25(15)17(28)16(27)13-26/h10-11,15-16,26-27H,6-9,12-13H2,1-5H3/t15-,16+/m1/s1. The van der Waals surface area contributed by atoms with Gasteiger partial charge in [-0.05, 0) is 47.0 Å². The van der Waals surface area contributed by atoms with Gasteiger partial charge in [0.2, 0.25) is 5.95 Å². The summed E-state index contributed by atoms with van der Waals surface area (Å²) in [7, 11) is 1.37. The van der Waals surface area contributed by atoms with Gasteiger partial charge in [0.15, 0.2) is 6.10 Å². The Kier molecular flexibility index (Phi) is 6.71. The first kappa shape index (κ1) is 22.9. The van der Waals surface area contributed by atoms with Gasteiger partial charge in [0.1, 0.15) is 0 Å². The molecule has 9 nitrogen and oxygen atoms in total. The number of rotatable bonds is 6. The van der Waals surface area contributed by atoms with Crippen molar-refractivity contribution in [3.8, 4) is 0 Å². The van der Waals surface area contributed by atoms with E-state index < -0.39 is 36.9 Å². The second-order valence-electron chi connectivity index (χ2n) is 9.16. The fourth-order valence-electron chi connectivity index (χ4n) is 3.78. The summed E-state index contributed by atoms with van der Waals surface area (Å²) in [5.41, 5.74) is -0.0988. The SMILES string of the molecule is CN(C[C@H]1CCCCN1C(=O)[C@@H](O)CO)c1ncc(B2OC(C)(C)C(C)(C)O2)cn1. The van der Waals surface area contributed by atoms with E-state index in [2.05, 4.69) is 9.97 Å². The van der Waals surface area contributed by atoms with Crippen LogP contribution >= 0.6 is 0 Å². The van der Waals surface area contributed by atoms with Gasteiger partial charge >= 0.3 is 7.12 Å². The van der Waals surface area contributed by atoms with Crippen molar-refractivity contribution in [3.63, 3.8) is 0 Å². The summed E-state index contributed by atoms with van der Waals surface area (Å²) in [5.74, 6) is 0.114. The molecule has 3 heterocycles. The quantitative estimate of drug-likeness (QED) is 0.617. The minimum atomic E-state index is -1.37. The zero-order valence-corrected chi connectivity index (χ0v) is 18.5. The van der Waals surface area contributed by atoms with Gasteiger partial charge in [-0.3, -0.25) is 4.79 Å². The molecule has 0 unspecified atom stereocenters. The van der Waals surface area contributed by atoms with E-state index in [4.69, 9.17) is 14.4 Å². The molecule has 0 aromatic carbocycles. The molecule has 2 fully saturated rings. The molecule has 3 rings (SSSR count). The molecule has 0 aliphatic carbocycles. The predicted octanol–water partition coefficient (Wildman–Crippen LogP) is -0.0537. The third-order valence-corrected chi connectivity index (χ3v) is 6.38. The second-order valence-corrected chi connectivity index (χ2v) is 9.16. The largest absolute Gasteiger partial charge is 0.498 e. The molecule has 0 spiro atoms. The molecule has 2 atom stereocenters. The Hall–Kier alpha value is -1.75. The molecule has 10 heteroatoms. The van der Waals surface area contributed by atoms with Gasteiger partial charge in [0.25, 0.3) is 5.91 Å². The fraction of sp³-hybridized carbons (Fsp3) is 0.750. The third kappa shape index (κ3) is 4.61. The fourth-order valence-corrected chi connectivity index (χ4v) is 3.78. The van der Waals surface area contributed by atoms with E-state index in [0.29, 0.717) is 19.0 Å². The van der Waals surface area contributed by atoms with Crippen molar-refractivity contribution < 1.29 is 24.3 Å². The molecule has 2 aliphatic rings. The summed E-state index contributed by atoms with van der Waals surface area (Å²) >= 11 is 0. The molecular formula is C20H33BN4O5. The first-order valence-corrected chi connectivity index (χ1v) is 10.5. The molecule has 1 aromatic rings. The highest BCUT2D eigenvalue weighted by Crippen LogP contribution is 2.36. The number of aromatic nitrogens is 2. The first-order chi connectivity index (χ1) is 14.1. The molecule has 1 amide bonds. The van der Waals surface area contributed by atoms with Crippen LogP contribution in [0.4, 0.5) is 5.95 Å². The Morgan fingerprint density at radius 2 is 1.87 bits per heavy atom. The lowest BCUT2D eigenvalue weighted by Gasteiger charge is -2.38. The number of piperidine rings is 1. The summed E-state index contributed by atoms with van der Waals surface area (Å²) in [6.07, 6.45) is 4.79. The number of likely N-dealkylation sites (tertiary alicyclic amines) is 1. The molecule has 2 N–H and O–H groups in total. The van der Waals surface area contributed by atoms with E-state index in [1.807, 2.05) is 39.6 Å². The Labute approximate surface area is 178 Å². The molecule has 2 saturated heterocycles. The van der Waals surface area contributed by atoms with Crippen molar-refractivity contribution in [1.29, 1.82) is 0 Å². The minimum absolute atomic E-state index is 0.0659. The van der Waals surface area contributed by atoms with E-state index in [0.717, 1.165) is 24.7 Å². The van der Waals surface area contributed by atoms with Crippen molar-refractivity contribution >= 4 is 24.4 Å². The van der Waals surface area contributed by atoms with E-state index >= 15 is 0 Å². The second kappa shape index (κ2) is 8.78. The Balaban J connectivity index is 1.66. The average molecular weight is 420 g/mol. The Morgan fingerprint density at radius 1 is 1.27 bits per heavy atom. The Morgan fingerprint density at radius 3 is 2.43 bits per heavy atom. The van der Waals surface area contributed by atoms with Gasteiger partial charge < -0.3 is 29.3 Å². The van der Waals surface area contributed by atoms with Gasteiger partial charge in [-0.1, -0.05) is 0 Å². The maximum atomic E-state index is 12.4. The predicted molar refractivity (Wildman–Crippen MR) is 113 cm³/mol. The van der Waals surface area contributed by atoms with Crippen molar-refractivity contribution in [2.45, 2.75) is 70.3 Å². The number of anilines is 1. The topological polar surface area (TPSA) is 108 Å². The lowest BCUT2D eigenvalue weighted by Crippen LogP contribution is -2.52.